The van der Waals surface area contributed by atoms with E-state index >= 15 is 0 Å². The highest BCUT2D eigenvalue weighted by Crippen LogP contribution is 2.33. The molecule has 120 valence electrons. The number of amides is 1. The normalized spacial score (nSPS) is 34.1. The first-order valence-electron chi connectivity index (χ1n) is 7.78. The molecule has 0 aliphatic carbocycles. The van der Waals surface area contributed by atoms with Crippen LogP contribution in [0, 0.1) is 11.8 Å². The van der Waals surface area contributed by atoms with Gasteiger partial charge in [-0.1, -0.05) is 6.92 Å². The minimum absolute atomic E-state index is 0.0208. The van der Waals surface area contributed by atoms with Crippen LogP contribution in [0.2, 0.25) is 0 Å². The van der Waals surface area contributed by atoms with Crippen molar-refractivity contribution in [1.82, 2.24) is 9.80 Å². The molecule has 0 aromatic rings. The third-order valence-corrected chi connectivity index (χ3v) is 4.85. The number of rotatable bonds is 4. The van der Waals surface area contributed by atoms with Crippen molar-refractivity contribution in [3.05, 3.63) is 0 Å². The minimum Gasteiger partial charge on any atom is -0.481 e. The predicted octanol–water partition coefficient (Wildman–Crippen LogP) is 0.665. The topological polar surface area (TPSA) is 70.1 Å². The lowest BCUT2D eigenvalue weighted by molar-refractivity contribution is -0.141. The molecule has 21 heavy (non-hydrogen) atoms. The lowest BCUT2D eigenvalue weighted by Gasteiger charge is -2.36. The molecule has 6 heteroatoms. The molecule has 4 unspecified atom stereocenters. The summed E-state index contributed by atoms with van der Waals surface area (Å²) in [4.78, 5) is 27.3. The fraction of sp³-hybridized carbons (Fsp3) is 0.867. The Morgan fingerprint density at radius 2 is 1.71 bits per heavy atom. The largest absolute Gasteiger partial charge is 0.481 e. The summed E-state index contributed by atoms with van der Waals surface area (Å²) in [5.41, 5.74) is 0. The molecule has 0 spiro atoms. The van der Waals surface area contributed by atoms with Gasteiger partial charge in [0.2, 0.25) is 5.91 Å². The Hall–Kier alpha value is -1.14. The van der Waals surface area contributed by atoms with Gasteiger partial charge < -0.3 is 14.7 Å². The van der Waals surface area contributed by atoms with Gasteiger partial charge in [0.05, 0.1) is 24.5 Å². The molecule has 2 heterocycles. The second-order valence-corrected chi connectivity index (χ2v) is 6.24. The van der Waals surface area contributed by atoms with Gasteiger partial charge in [-0.3, -0.25) is 14.5 Å². The van der Waals surface area contributed by atoms with Crippen LogP contribution < -0.4 is 0 Å². The highest BCUT2D eigenvalue weighted by atomic mass is 16.5. The van der Waals surface area contributed by atoms with Gasteiger partial charge in [0.1, 0.15) is 0 Å². The summed E-state index contributed by atoms with van der Waals surface area (Å²) in [6.45, 7) is 9.53. The molecule has 0 radical (unpaired) electrons. The molecule has 2 saturated heterocycles. The average molecular weight is 298 g/mol. The molecule has 6 nitrogen and oxygen atoms in total. The first kappa shape index (κ1) is 16.2. The van der Waals surface area contributed by atoms with Crippen molar-refractivity contribution in [3.8, 4) is 0 Å². The monoisotopic (exact) mass is 298 g/mol. The highest BCUT2D eigenvalue weighted by molar-refractivity contribution is 5.80. The summed E-state index contributed by atoms with van der Waals surface area (Å²) in [6, 6.07) is 0. The SMILES string of the molecule is CC1OC(C)C(C(=O)N2CCN(CCC(=O)O)CC2)C1C. The maximum Gasteiger partial charge on any atom is 0.304 e. The van der Waals surface area contributed by atoms with E-state index in [0.717, 1.165) is 13.1 Å². The van der Waals surface area contributed by atoms with Crippen molar-refractivity contribution in [1.29, 1.82) is 0 Å². The quantitative estimate of drug-likeness (QED) is 0.826. The Morgan fingerprint density at radius 3 is 2.19 bits per heavy atom. The smallest absolute Gasteiger partial charge is 0.304 e. The van der Waals surface area contributed by atoms with E-state index in [1.165, 1.54) is 0 Å². The zero-order valence-corrected chi connectivity index (χ0v) is 13.1. The molecule has 1 amide bonds. The Morgan fingerprint density at radius 1 is 1.10 bits per heavy atom. The Kier molecular flexibility index (Phi) is 5.22. The van der Waals surface area contributed by atoms with Crippen LogP contribution in [-0.4, -0.2) is 71.7 Å². The molecule has 0 aromatic heterocycles. The molecule has 1 N–H and O–H groups in total. The van der Waals surface area contributed by atoms with Crippen LogP contribution in [0.4, 0.5) is 0 Å². The molecule has 2 fully saturated rings. The van der Waals surface area contributed by atoms with E-state index in [9.17, 15) is 9.59 Å². The summed E-state index contributed by atoms with van der Waals surface area (Å²) < 4.78 is 5.76. The van der Waals surface area contributed by atoms with Gasteiger partial charge in [-0.25, -0.2) is 0 Å². The zero-order chi connectivity index (χ0) is 15.6. The van der Waals surface area contributed by atoms with Gasteiger partial charge >= 0.3 is 5.97 Å². The van der Waals surface area contributed by atoms with Crippen LogP contribution in [-0.2, 0) is 14.3 Å². The van der Waals surface area contributed by atoms with Crippen LogP contribution in [0.15, 0.2) is 0 Å². The van der Waals surface area contributed by atoms with Gasteiger partial charge in [-0.15, -0.1) is 0 Å². The van der Waals surface area contributed by atoms with E-state index < -0.39 is 5.97 Å². The first-order chi connectivity index (χ1) is 9.90. The summed E-state index contributed by atoms with van der Waals surface area (Å²) in [7, 11) is 0. The standard InChI is InChI=1S/C15H26N2O4/c1-10-11(2)21-12(3)14(10)15(20)17-8-6-16(7-9-17)5-4-13(18)19/h10-12,14H,4-9H2,1-3H3,(H,18,19). The molecule has 0 bridgehead atoms. The predicted molar refractivity (Wildman–Crippen MR) is 77.9 cm³/mol. The molecular weight excluding hydrogens is 272 g/mol. The van der Waals surface area contributed by atoms with Crippen LogP contribution >= 0.6 is 0 Å². The van der Waals surface area contributed by atoms with E-state index in [0.29, 0.717) is 19.6 Å². The van der Waals surface area contributed by atoms with E-state index in [1.54, 1.807) is 0 Å². The van der Waals surface area contributed by atoms with Gasteiger partial charge in [-0.05, 0) is 19.8 Å². The maximum absolute atomic E-state index is 12.7. The Bertz CT molecular complexity index is 393. The second-order valence-electron chi connectivity index (χ2n) is 6.24. The van der Waals surface area contributed by atoms with Crippen molar-refractivity contribution in [2.75, 3.05) is 32.7 Å². The summed E-state index contributed by atoms with van der Waals surface area (Å²) in [5, 5.41) is 8.71. The Balaban J connectivity index is 1.84. The minimum atomic E-state index is -0.770. The van der Waals surface area contributed by atoms with Gasteiger partial charge in [0.15, 0.2) is 0 Å². The fourth-order valence-corrected chi connectivity index (χ4v) is 3.35. The van der Waals surface area contributed by atoms with Crippen LogP contribution in [0.1, 0.15) is 27.2 Å². The summed E-state index contributed by atoms with van der Waals surface area (Å²) in [5.74, 6) is -0.381. The van der Waals surface area contributed by atoms with E-state index in [-0.39, 0.29) is 36.4 Å². The molecule has 4 atom stereocenters. The number of nitrogens with zero attached hydrogens (tertiary/aromatic N) is 2. The number of carboxylic acid groups (broad SMARTS) is 1. The van der Waals surface area contributed by atoms with Crippen molar-refractivity contribution in [3.63, 3.8) is 0 Å². The zero-order valence-electron chi connectivity index (χ0n) is 13.1. The third-order valence-electron chi connectivity index (χ3n) is 4.85. The molecule has 2 aliphatic rings. The lowest BCUT2D eigenvalue weighted by atomic mass is 9.88. The molecule has 2 aliphatic heterocycles. The summed E-state index contributed by atoms with van der Waals surface area (Å²) in [6.07, 6.45) is 0.272. The van der Waals surface area contributed by atoms with E-state index in [4.69, 9.17) is 9.84 Å². The number of ether oxygens (including phenoxy) is 1. The van der Waals surface area contributed by atoms with E-state index in [1.807, 2.05) is 18.7 Å². The highest BCUT2D eigenvalue weighted by Gasteiger charge is 2.43. The van der Waals surface area contributed by atoms with Crippen LogP contribution in [0.25, 0.3) is 0 Å². The number of aliphatic carboxylic acids is 1. The maximum atomic E-state index is 12.7. The van der Waals surface area contributed by atoms with Crippen molar-refractivity contribution < 1.29 is 19.4 Å². The number of carboxylic acids is 1. The number of carbonyl (C=O) groups excluding carboxylic acids is 1. The number of hydrogen-bond acceptors (Lipinski definition) is 4. The number of hydrogen-bond donors (Lipinski definition) is 1. The van der Waals surface area contributed by atoms with Gasteiger partial charge in [0, 0.05) is 32.7 Å². The van der Waals surface area contributed by atoms with Gasteiger partial charge in [-0.2, -0.15) is 0 Å². The number of piperazine rings is 1. The Labute approximate surface area is 126 Å². The second kappa shape index (κ2) is 6.75. The van der Waals surface area contributed by atoms with Crippen LogP contribution in [0.3, 0.4) is 0 Å². The first-order valence-corrected chi connectivity index (χ1v) is 7.78. The lowest BCUT2D eigenvalue weighted by Crippen LogP contribution is -2.52. The van der Waals surface area contributed by atoms with E-state index in [2.05, 4.69) is 11.8 Å². The summed E-state index contributed by atoms with van der Waals surface area (Å²) >= 11 is 0. The average Bonchev–Trinajstić information content (AvgIpc) is 2.70. The molecule has 0 saturated carbocycles. The fourth-order valence-electron chi connectivity index (χ4n) is 3.35. The van der Waals surface area contributed by atoms with Gasteiger partial charge in [0.25, 0.3) is 0 Å². The van der Waals surface area contributed by atoms with Crippen molar-refractivity contribution >= 4 is 11.9 Å². The number of carbonyl (C=O) groups is 2. The molecule has 2 rings (SSSR count). The van der Waals surface area contributed by atoms with Crippen molar-refractivity contribution in [2.24, 2.45) is 11.8 Å². The van der Waals surface area contributed by atoms with Crippen molar-refractivity contribution in [2.45, 2.75) is 39.4 Å². The third kappa shape index (κ3) is 3.74. The molecule has 0 aromatic carbocycles. The van der Waals surface area contributed by atoms with Crippen LogP contribution in [0.5, 0.6) is 0 Å². The molecular formula is C15H26N2O4.